The molecule has 2 aromatic carbocycles. The van der Waals surface area contributed by atoms with Crippen molar-refractivity contribution in [1.29, 1.82) is 0 Å². The van der Waals surface area contributed by atoms with Gasteiger partial charge in [0, 0.05) is 0 Å². The predicted octanol–water partition coefficient (Wildman–Crippen LogP) is 3.96. The third-order valence-electron chi connectivity index (χ3n) is 3.93. The molecule has 0 saturated carbocycles. The lowest BCUT2D eigenvalue weighted by molar-refractivity contribution is -0.128. The first kappa shape index (κ1) is 18.8. The molecule has 0 unspecified atom stereocenters. The van der Waals surface area contributed by atoms with E-state index in [1.54, 1.807) is 6.92 Å². The highest BCUT2D eigenvalue weighted by molar-refractivity contribution is 5.81. The van der Waals surface area contributed by atoms with Crippen LogP contribution >= 0.6 is 0 Å². The minimum Gasteiger partial charge on any atom is -0.491 e. The molecule has 1 N–H and O–H groups in total. The second-order valence-corrected chi connectivity index (χ2v) is 6.56. The molecule has 4 nitrogen and oxygen atoms in total. The quantitative estimate of drug-likeness (QED) is 0.829. The first-order valence-corrected chi connectivity index (χ1v) is 8.59. The van der Waals surface area contributed by atoms with Crippen LogP contribution in [0.1, 0.15) is 30.5 Å². The number of hydrogen-bond acceptors (Lipinski definition) is 3. The summed E-state index contributed by atoms with van der Waals surface area (Å²) >= 11 is 0. The maximum Gasteiger partial charge on any atom is 0.261 e. The molecule has 25 heavy (non-hydrogen) atoms. The Morgan fingerprint density at radius 3 is 2.32 bits per heavy atom. The average Bonchev–Trinajstić information content (AvgIpc) is 2.57. The number of benzene rings is 2. The van der Waals surface area contributed by atoms with Crippen molar-refractivity contribution in [3.8, 4) is 11.5 Å². The summed E-state index contributed by atoms with van der Waals surface area (Å²) in [5, 5.41) is 2.93. The Morgan fingerprint density at radius 1 is 1.00 bits per heavy atom. The molecule has 0 aliphatic heterocycles. The standard InChI is InChI=1S/C21H27NO3/c1-14-7-10-19(11-8-14)24-13-17(4)22-21(23)18(5)25-20-12-15(2)6-9-16(20)3/h6-12,17-18H,13H2,1-5H3,(H,22,23)/t17-,18+/m0/s1. The number of carbonyl (C=O) groups is 1. The molecule has 2 atom stereocenters. The van der Waals surface area contributed by atoms with E-state index in [1.807, 2.05) is 70.2 Å². The fourth-order valence-electron chi connectivity index (χ4n) is 2.34. The highest BCUT2D eigenvalue weighted by atomic mass is 16.5. The van der Waals surface area contributed by atoms with E-state index in [0.717, 1.165) is 22.6 Å². The Hall–Kier alpha value is -2.49. The Bertz CT molecular complexity index is 710. The van der Waals surface area contributed by atoms with Crippen LogP contribution in [0.2, 0.25) is 0 Å². The zero-order valence-corrected chi connectivity index (χ0v) is 15.6. The Kier molecular flexibility index (Phi) is 6.45. The van der Waals surface area contributed by atoms with Gasteiger partial charge < -0.3 is 14.8 Å². The van der Waals surface area contributed by atoms with Gasteiger partial charge in [-0.3, -0.25) is 4.79 Å². The van der Waals surface area contributed by atoms with Crippen LogP contribution in [0.5, 0.6) is 11.5 Å². The number of rotatable bonds is 7. The first-order valence-electron chi connectivity index (χ1n) is 8.59. The van der Waals surface area contributed by atoms with Gasteiger partial charge in [-0.15, -0.1) is 0 Å². The van der Waals surface area contributed by atoms with Crippen molar-refractivity contribution in [2.75, 3.05) is 6.61 Å². The van der Waals surface area contributed by atoms with Crippen molar-refractivity contribution in [3.63, 3.8) is 0 Å². The Balaban J connectivity index is 1.83. The van der Waals surface area contributed by atoms with Crippen LogP contribution in [0.15, 0.2) is 42.5 Å². The van der Waals surface area contributed by atoms with E-state index in [-0.39, 0.29) is 11.9 Å². The van der Waals surface area contributed by atoms with Gasteiger partial charge in [0.05, 0.1) is 6.04 Å². The summed E-state index contributed by atoms with van der Waals surface area (Å²) in [5.41, 5.74) is 3.31. The zero-order chi connectivity index (χ0) is 18.4. The first-order chi connectivity index (χ1) is 11.8. The number of carbonyl (C=O) groups excluding carboxylic acids is 1. The average molecular weight is 341 g/mol. The van der Waals surface area contributed by atoms with Crippen LogP contribution in [-0.2, 0) is 4.79 Å². The van der Waals surface area contributed by atoms with Crippen molar-refractivity contribution >= 4 is 5.91 Å². The molecule has 0 radical (unpaired) electrons. The summed E-state index contributed by atoms with van der Waals surface area (Å²) < 4.78 is 11.5. The van der Waals surface area contributed by atoms with Crippen molar-refractivity contribution in [1.82, 2.24) is 5.32 Å². The lowest BCUT2D eigenvalue weighted by Gasteiger charge is -2.20. The van der Waals surface area contributed by atoms with Crippen LogP contribution in [0.25, 0.3) is 0 Å². The monoisotopic (exact) mass is 341 g/mol. The van der Waals surface area contributed by atoms with Gasteiger partial charge in [0.25, 0.3) is 5.91 Å². The minimum atomic E-state index is -0.567. The van der Waals surface area contributed by atoms with Gasteiger partial charge in [-0.1, -0.05) is 29.8 Å². The van der Waals surface area contributed by atoms with Crippen molar-refractivity contribution in [3.05, 3.63) is 59.2 Å². The normalized spacial score (nSPS) is 13.0. The van der Waals surface area contributed by atoms with Crippen LogP contribution < -0.4 is 14.8 Å². The van der Waals surface area contributed by atoms with E-state index in [9.17, 15) is 4.79 Å². The lowest BCUT2D eigenvalue weighted by atomic mass is 10.1. The number of amides is 1. The van der Waals surface area contributed by atoms with Gasteiger partial charge in [-0.25, -0.2) is 0 Å². The molecule has 0 aliphatic carbocycles. The van der Waals surface area contributed by atoms with Gasteiger partial charge in [0.2, 0.25) is 0 Å². The van der Waals surface area contributed by atoms with Crippen molar-refractivity contribution in [2.24, 2.45) is 0 Å². The fourth-order valence-corrected chi connectivity index (χ4v) is 2.34. The SMILES string of the molecule is Cc1ccc(OC[C@H](C)NC(=O)[C@@H](C)Oc2cc(C)ccc2C)cc1. The van der Waals surface area contributed by atoms with E-state index in [4.69, 9.17) is 9.47 Å². The third kappa shape index (κ3) is 5.82. The van der Waals surface area contributed by atoms with E-state index >= 15 is 0 Å². The molecule has 0 heterocycles. The Labute approximate surface area is 150 Å². The summed E-state index contributed by atoms with van der Waals surface area (Å²) in [6, 6.07) is 13.7. The van der Waals surface area contributed by atoms with Gasteiger partial charge in [-0.05, 0) is 63.9 Å². The summed E-state index contributed by atoms with van der Waals surface area (Å²) in [7, 11) is 0. The fraction of sp³-hybridized carbons (Fsp3) is 0.381. The van der Waals surface area contributed by atoms with Crippen LogP contribution in [0.3, 0.4) is 0 Å². The molecular weight excluding hydrogens is 314 g/mol. The zero-order valence-electron chi connectivity index (χ0n) is 15.6. The highest BCUT2D eigenvalue weighted by Crippen LogP contribution is 2.20. The molecule has 0 bridgehead atoms. The molecule has 2 aromatic rings. The van der Waals surface area contributed by atoms with Gasteiger partial charge >= 0.3 is 0 Å². The molecule has 0 aliphatic rings. The molecule has 2 rings (SSSR count). The largest absolute Gasteiger partial charge is 0.491 e. The van der Waals surface area contributed by atoms with Gasteiger partial charge in [-0.2, -0.15) is 0 Å². The molecule has 1 amide bonds. The van der Waals surface area contributed by atoms with E-state index in [1.165, 1.54) is 5.56 Å². The van der Waals surface area contributed by atoms with Gasteiger partial charge in [0.1, 0.15) is 18.1 Å². The minimum absolute atomic E-state index is 0.113. The molecular formula is C21H27NO3. The summed E-state index contributed by atoms with van der Waals surface area (Å²) in [6.45, 7) is 10.1. The number of nitrogens with one attached hydrogen (secondary N) is 1. The lowest BCUT2D eigenvalue weighted by Crippen LogP contribution is -2.43. The number of hydrogen-bond donors (Lipinski definition) is 1. The van der Waals surface area contributed by atoms with Crippen LogP contribution in [0, 0.1) is 20.8 Å². The molecule has 134 valence electrons. The van der Waals surface area contributed by atoms with Crippen molar-refractivity contribution in [2.45, 2.75) is 46.8 Å². The van der Waals surface area contributed by atoms with Crippen LogP contribution in [0.4, 0.5) is 0 Å². The van der Waals surface area contributed by atoms with Crippen molar-refractivity contribution < 1.29 is 14.3 Å². The topological polar surface area (TPSA) is 47.6 Å². The molecule has 4 heteroatoms. The molecule has 0 spiro atoms. The summed E-state index contributed by atoms with van der Waals surface area (Å²) in [6.07, 6.45) is -0.567. The summed E-state index contributed by atoms with van der Waals surface area (Å²) in [5.74, 6) is 1.39. The molecule has 0 saturated heterocycles. The molecule has 0 fully saturated rings. The second kappa shape index (κ2) is 8.56. The van der Waals surface area contributed by atoms with E-state index < -0.39 is 6.10 Å². The molecule has 0 aromatic heterocycles. The van der Waals surface area contributed by atoms with E-state index in [0.29, 0.717) is 6.61 Å². The second-order valence-electron chi connectivity index (χ2n) is 6.56. The van der Waals surface area contributed by atoms with E-state index in [2.05, 4.69) is 5.32 Å². The van der Waals surface area contributed by atoms with Crippen LogP contribution in [-0.4, -0.2) is 24.7 Å². The third-order valence-corrected chi connectivity index (χ3v) is 3.93. The van der Waals surface area contributed by atoms with Gasteiger partial charge in [0.15, 0.2) is 6.10 Å². The predicted molar refractivity (Wildman–Crippen MR) is 100 cm³/mol. The summed E-state index contributed by atoms with van der Waals surface area (Å²) in [4.78, 5) is 12.3. The maximum absolute atomic E-state index is 12.3. The smallest absolute Gasteiger partial charge is 0.261 e. The maximum atomic E-state index is 12.3. The highest BCUT2D eigenvalue weighted by Gasteiger charge is 2.18. The number of aryl methyl sites for hydroxylation is 3. The Morgan fingerprint density at radius 2 is 1.64 bits per heavy atom. The number of ether oxygens (including phenoxy) is 2.